The van der Waals surface area contributed by atoms with Crippen LogP contribution in [0.5, 0.6) is 0 Å². The molecule has 6 aromatic rings. The molecule has 0 fully saturated rings. The Morgan fingerprint density at radius 3 is 2.45 bits per heavy atom. The quantitative estimate of drug-likeness (QED) is 0.246. The zero-order chi connectivity index (χ0) is 34.2. The lowest BCUT2D eigenvalue weighted by atomic mass is 9.83. The first-order valence-electron chi connectivity index (χ1n) is 15.4. The largest absolute Gasteiger partial charge is 0.435 e. The average molecular weight is 682 g/mol. The van der Waals surface area contributed by atoms with Crippen LogP contribution in [-0.4, -0.2) is 29.1 Å². The molecule has 49 heavy (non-hydrogen) atoms. The number of benzene rings is 4. The van der Waals surface area contributed by atoms with Crippen LogP contribution >= 0.6 is 0 Å². The summed E-state index contributed by atoms with van der Waals surface area (Å²) < 4.78 is 72.8. The van der Waals surface area contributed by atoms with Gasteiger partial charge in [0.1, 0.15) is 5.69 Å². The molecular formula is C36H26F3N5O4S. The first-order valence-corrected chi connectivity index (χ1v) is 16.9. The van der Waals surface area contributed by atoms with Crippen molar-refractivity contribution in [1.29, 1.82) is 0 Å². The Kier molecular flexibility index (Phi) is 6.91. The minimum atomic E-state index is -4.79. The number of nitrogens with two attached hydrogens (primary N) is 2. The number of sulfonamides is 1. The maximum absolute atomic E-state index is 14.3. The van der Waals surface area contributed by atoms with Crippen molar-refractivity contribution in [1.82, 2.24) is 14.9 Å². The van der Waals surface area contributed by atoms with Crippen LogP contribution < -0.4 is 21.3 Å². The van der Waals surface area contributed by atoms with E-state index in [1.54, 1.807) is 18.2 Å². The second-order valence-electron chi connectivity index (χ2n) is 12.1. The summed E-state index contributed by atoms with van der Waals surface area (Å²) in [6, 6.07) is 21.4. The van der Waals surface area contributed by atoms with Gasteiger partial charge < -0.3 is 10.3 Å². The van der Waals surface area contributed by atoms with E-state index in [-0.39, 0.29) is 22.1 Å². The number of hydrogen-bond donors (Lipinski definition) is 2. The Morgan fingerprint density at radius 1 is 0.878 bits per heavy atom. The maximum Gasteiger partial charge on any atom is 0.435 e. The van der Waals surface area contributed by atoms with E-state index < -0.39 is 27.7 Å². The van der Waals surface area contributed by atoms with Crippen LogP contribution in [0.4, 0.5) is 19.0 Å². The summed E-state index contributed by atoms with van der Waals surface area (Å²) in [5, 5.41) is 16.9. The number of aromatic nitrogens is 3. The molecule has 9 nitrogen and oxygen atoms in total. The molecule has 0 atom stereocenters. The number of halogens is 3. The standard InChI is InChI=1S/C36H26F3N5O4S/c37-36(38,39)33-18-30(44(42-33)19-11-16-31-29(17-19)35(40)43-48-31)34(45)28-9-4-7-21-25-13-12-23-20(24(25)14-15-26(21)28)6-3-8-22(23)27-5-1-2-10-32(27)49(41,46)47/h1-3,5-6,8,10-12,14-18H,4,7,9,13H2,(H2,40,43)(H2,41,46,47). The number of anilines is 1. The Hall–Kier alpha value is -5.53. The number of hydrogen-bond acceptors (Lipinski definition) is 7. The normalized spacial score (nSPS) is 14.2. The van der Waals surface area contributed by atoms with E-state index in [0.29, 0.717) is 53.0 Å². The zero-order valence-electron chi connectivity index (χ0n) is 25.6. The SMILES string of the molecule is Nc1noc2ccc(-n3nc(C(F)(F)F)cc3C(=O)C3=c4ccc5c(c4CCC3)CC=c3c(-c4ccccc4S(N)(=O)=O)cccc3=5)cc12. The van der Waals surface area contributed by atoms with E-state index >= 15 is 0 Å². The highest BCUT2D eigenvalue weighted by Crippen LogP contribution is 2.33. The van der Waals surface area contributed by atoms with Crippen LogP contribution in [0, 0.1) is 10.4 Å². The highest BCUT2D eigenvalue weighted by molar-refractivity contribution is 7.89. The van der Waals surface area contributed by atoms with Gasteiger partial charge in [-0.2, -0.15) is 18.3 Å². The molecule has 2 aliphatic carbocycles. The molecule has 0 bridgehead atoms. The smallest absolute Gasteiger partial charge is 0.380 e. The molecule has 0 aliphatic heterocycles. The van der Waals surface area contributed by atoms with E-state index in [0.717, 1.165) is 43.1 Å². The number of carbonyl (C=O) groups is 1. The lowest BCUT2D eigenvalue weighted by Gasteiger charge is -2.21. The molecule has 2 aromatic heterocycles. The number of ketones is 1. The number of Topliss-reactive ketones (excluding diaryl/α,β-unsaturated/α-hetero) is 1. The Bertz CT molecular complexity index is 2730. The van der Waals surface area contributed by atoms with Crippen molar-refractivity contribution < 1.29 is 30.9 Å². The summed E-state index contributed by atoms with van der Waals surface area (Å²) in [5.74, 6) is -0.489. The molecule has 0 amide bonds. The predicted octanol–water partition coefficient (Wildman–Crippen LogP) is 4.92. The number of rotatable bonds is 5. The zero-order valence-corrected chi connectivity index (χ0v) is 26.4. The molecule has 2 heterocycles. The molecule has 4 N–H and O–H groups in total. The van der Waals surface area contributed by atoms with Gasteiger partial charge in [-0.25, -0.2) is 18.2 Å². The maximum atomic E-state index is 14.3. The Labute approximate surface area is 276 Å². The van der Waals surface area contributed by atoms with Crippen LogP contribution in [-0.2, 0) is 29.0 Å². The fraction of sp³-hybridized carbons (Fsp3) is 0.139. The van der Waals surface area contributed by atoms with Crippen molar-refractivity contribution in [2.75, 3.05) is 5.73 Å². The van der Waals surface area contributed by atoms with Gasteiger partial charge in [-0.15, -0.1) is 0 Å². The number of fused-ring (bicyclic) bond motifs is 5. The molecule has 0 spiro atoms. The summed E-state index contributed by atoms with van der Waals surface area (Å²) in [6.45, 7) is 0. The molecule has 4 aromatic carbocycles. The van der Waals surface area contributed by atoms with Crippen molar-refractivity contribution in [2.45, 2.75) is 36.8 Å². The first kappa shape index (κ1) is 30.8. The molecule has 0 saturated heterocycles. The van der Waals surface area contributed by atoms with Crippen molar-refractivity contribution >= 4 is 44.2 Å². The molecule has 13 heteroatoms. The minimum Gasteiger partial charge on any atom is -0.380 e. The fourth-order valence-corrected chi connectivity index (χ4v) is 7.82. The summed E-state index contributed by atoms with van der Waals surface area (Å²) >= 11 is 0. The highest BCUT2D eigenvalue weighted by atomic mass is 32.2. The Balaban J connectivity index is 1.32. The number of carbonyl (C=O) groups excluding carboxylic acids is 1. The predicted molar refractivity (Wildman–Crippen MR) is 176 cm³/mol. The molecule has 0 radical (unpaired) electrons. The van der Waals surface area contributed by atoms with Crippen molar-refractivity contribution in [2.24, 2.45) is 5.14 Å². The molecular weight excluding hydrogens is 655 g/mol. The number of nitrogens with zero attached hydrogens (tertiary/aromatic N) is 3. The monoisotopic (exact) mass is 681 g/mol. The van der Waals surface area contributed by atoms with Gasteiger partial charge in [0.05, 0.1) is 16.0 Å². The lowest BCUT2D eigenvalue weighted by molar-refractivity contribution is -0.141. The van der Waals surface area contributed by atoms with E-state index in [1.807, 2.05) is 36.4 Å². The Morgan fingerprint density at radius 2 is 1.65 bits per heavy atom. The van der Waals surface area contributed by atoms with Gasteiger partial charge in [-0.1, -0.05) is 59.8 Å². The van der Waals surface area contributed by atoms with Gasteiger partial charge in [0.2, 0.25) is 15.8 Å². The average Bonchev–Trinajstić information content (AvgIpc) is 3.71. The van der Waals surface area contributed by atoms with E-state index in [4.69, 9.17) is 15.4 Å². The van der Waals surface area contributed by atoms with Crippen LogP contribution in [0.1, 0.15) is 40.2 Å². The van der Waals surface area contributed by atoms with Crippen molar-refractivity contribution in [3.8, 4) is 16.8 Å². The van der Waals surface area contributed by atoms with Crippen molar-refractivity contribution in [3.05, 3.63) is 122 Å². The third-order valence-corrected chi connectivity index (χ3v) is 10.2. The third-order valence-electron chi connectivity index (χ3n) is 9.23. The summed E-state index contributed by atoms with van der Waals surface area (Å²) in [4.78, 5) is 14.3. The number of nitrogen functional groups attached to an aromatic ring is 1. The van der Waals surface area contributed by atoms with Gasteiger partial charge in [-0.05, 0) is 87.5 Å². The summed E-state index contributed by atoms with van der Waals surface area (Å²) in [7, 11) is -3.98. The number of alkyl halides is 3. The van der Waals surface area contributed by atoms with E-state index in [9.17, 15) is 26.4 Å². The highest BCUT2D eigenvalue weighted by Gasteiger charge is 2.37. The molecule has 8 rings (SSSR count). The molecule has 0 saturated carbocycles. The van der Waals surface area contributed by atoms with Gasteiger partial charge in [0, 0.05) is 17.2 Å². The third kappa shape index (κ3) is 5.04. The van der Waals surface area contributed by atoms with Gasteiger partial charge >= 0.3 is 6.18 Å². The van der Waals surface area contributed by atoms with Gasteiger partial charge in [-0.3, -0.25) is 4.79 Å². The fourth-order valence-electron chi connectivity index (χ4n) is 7.07. The molecule has 246 valence electrons. The second-order valence-corrected chi connectivity index (χ2v) is 13.6. The summed E-state index contributed by atoms with van der Waals surface area (Å²) in [5.41, 5.74) is 8.65. The topological polar surface area (TPSA) is 147 Å². The van der Waals surface area contributed by atoms with Crippen molar-refractivity contribution in [3.63, 3.8) is 0 Å². The van der Waals surface area contributed by atoms with Crippen LogP contribution in [0.15, 0.2) is 88.3 Å². The first-order chi connectivity index (χ1) is 23.4. The lowest BCUT2D eigenvalue weighted by Crippen LogP contribution is -2.27. The van der Waals surface area contributed by atoms with Crippen LogP contribution in [0.25, 0.3) is 39.4 Å². The molecule has 0 unspecified atom stereocenters. The molecule has 2 aliphatic rings. The second kappa shape index (κ2) is 11.0. The van der Waals surface area contributed by atoms with Gasteiger partial charge in [0.25, 0.3) is 0 Å². The number of primary sulfonamides is 1. The van der Waals surface area contributed by atoms with Crippen LogP contribution in [0.3, 0.4) is 0 Å². The van der Waals surface area contributed by atoms with Crippen LogP contribution in [0.2, 0.25) is 0 Å². The van der Waals surface area contributed by atoms with E-state index in [2.05, 4.69) is 10.3 Å². The minimum absolute atomic E-state index is 0.0311. The summed E-state index contributed by atoms with van der Waals surface area (Å²) in [6.07, 6.45) is -0.542. The van der Waals surface area contributed by atoms with Gasteiger partial charge in [0.15, 0.2) is 17.1 Å². The van der Waals surface area contributed by atoms with E-state index in [1.165, 1.54) is 24.3 Å².